The number of nitrogens with zero attached hydrogens (tertiary/aromatic N) is 1. The molecular weight excluding hydrogens is 300 g/mol. The first-order chi connectivity index (χ1) is 11.0. The largest absolute Gasteiger partial charge is 0.491 e. The van der Waals surface area contributed by atoms with Gasteiger partial charge < -0.3 is 14.4 Å². The maximum absolute atomic E-state index is 12.2. The van der Waals surface area contributed by atoms with Gasteiger partial charge in [-0.15, -0.1) is 0 Å². The Hall–Kier alpha value is -2.12. The summed E-state index contributed by atoms with van der Waals surface area (Å²) < 4.78 is 11.0. The Morgan fingerprint density at radius 3 is 2.91 bits per heavy atom. The number of carbonyl (C=O) groups excluding carboxylic acids is 2. The quantitative estimate of drug-likeness (QED) is 0.628. The maximum Gasteiger partial charge on any atom is 0.274 e. The monoisotopic (exact) mass is 322 g/mol. The van der Waals surface area contributed by atoms with Crippen LogP contribution in [0, 0.1) is 5.92 Å². The predicted octanol–water partition coefficient (Wildman–Crippen LogP) is 1.20. The zero-order valence-electron chi connectivity index (χ0n) is 13.4. The fourth-order valence-electron chi connectivity index (χ4n) is 2.26. The molecule has 7 nitrogen and oxygen atoms in total. The highest BCUT2D eigenvalue weighted by Gasteiger charge is 2.21. The standard InChI is InChI=1S/C16H22N2O5/c1-11(2)9-22-10-15(19)18-5-6-23-14-7-12(16(20)17-21)3-4-13(14)8-18/h3-4,7,11,21H,5-6,8-10H2,1-2H3,(H,17,20). The second-order valence-electron chi connectivity index (χ2n) is 5.84. The molecule has 2 N–H and O–H groups in total. The summed E-state index contributed by atoms with van der Waals surface area (Å²) in [4.78, 5) is 25.3. The molecule has 126 valence electrons. The highest BCUT2D eigenvalue weighted by molar-refractivity contribution is 5.93. The van der Waals surface area contributed by atoms with Crippen LogP contribution in [0.3, 0.4) is 0 Å². The lowest BCUT2D eigenvalue weighted by atomic mass is 10.1. The smallest absolute Gasteiger partial charge is 0.274 e. The Kier molecular flexibility index (Phi) is 5.95. The molecule has 0 fully saturated rings. The number of nitrogens with one attached hydrogen (secondary N) is 1. The van der Waals surface area contributed by atoms with Gasteiger partial charge in [-0.05, 0) is 18.1 Å². The van der Waals surface area contributed by atoms with Crippen molar-refractivity contribution in [3.8, 4) is 5.75 Å². The summed E-state index contributed by atoms with van der Waals surface area (Å²) in [6.07, 6.45) is 0. The lowest BCUT2D eigenvalue weighted by Gasteiger charge is -2.20. The normalized spacial score (nSPS) is 14.0. The Labute approximate surface area is 135 Å². The Bertz CT molecular complexity index is 574. The number of fused-ring (bicyclic) bond motifs is 1. The van der Waals surface area contributed by atoms with E-state index in [1.165, 1.54) is 0 Å². The molecule has 1 aliphatic rings. The lowest BCUT2D eigenvalue weighted by molar-refractivity contribution is -0.137. The molecule has 0 aliphatic carbocycles. The summed E-state index contributed by atoms with van der Waals surface area (Å²) in [6.45, 7) is 5.86. The second kappa shape index (κ2) is 7.94. The minimum absolute atomic E-state index is 0.0541. The van der Waals surface area contributed by atoms with Crippen LogP contribution in [0.1, 0.15) is 29.8 Å². The summed E-state index contributed by atoms with van der Waals surface area (Å²) >= 11 is 0. The first-order valence-corrected chi connectivity index (χ1v) is 7.57. The van der Waals surface area contributed by atoms with Gasteiger partial charge in [0.05, 0.1) is 6.54 Å². The van der Waals surface area contributed by atoms with Crippen LogP contribution in [0.2, 0.25) is 0 Å². The van der Waals surface area contributed by atoms with Crippen LogP contribution in [0.25, 0.3) is 0 Å². The van der Waals surface area contributed by atoms with Crippen molar-refractivity contribution in [2.75, 3.05) is 26.4 Å². The molecule has 0 bridgehead atoms. The van der Waals surface area contributed by atoms with E-state index in [1.807, 2.05) is 13.8 Å². The molecule has 7 heteroatoms. The summed E-state index contributed by atoms with van der Waals surface area (Å²) in [7, 11) is 0. The van der Waals surface area contributed by atoms with Crippen molar-refractivity contribution in [3.05, 3.63) is 29.3 Å². The van der Waals surface area contributed by atoms with Gasteiger partial charge in [-0.2, -0.15) is 0 Å². The average Bonchev–Trinajstić information content (AvgIpc) is 2.75. The van der Waals surface area contributed by atoms with Crippen molar-refractivity contribution in [1.82, 2.24) is 10.4 Å². The molecule has 1 aromatic rings. The third kappa shape index (κ3) is 4.67. The highest BCUT2D eigenvalue weighted by atomic mass is 16.5. The van der Waals surface area contributed by atoms with Crippen LogP contribution < -0.4 is 10.2 Å². The van der Waals surface area contributed by atoms with Crippen molar-refractivity contribution in [1.29, 1.82) is 0 Å². The third-order valence-electron chi connectivity index (χ3n) is 3.44. The molecule has 0 saturated heterocycles. The Morgan fingerprint density at radius 2 is 2.22 bits per heavy atom. The zero-order chi connectivity index (χ0) is 16.8. The molecule has 1 aromatic carbocycles. The lowest BCUT2D eigenvalue weighted by Crippen LogP contribution is -2.35. The molecule has 1 heterocycles. The van der Waals surface area contributed by atoms with Crippen molar-refractivity contribution in [3.63, 3.8) is 0 Å². The predicted molar refractivity (Wildman–Crippen MR) is 82.3 cm³/mol. The highest BCUT2D eigenvalue weighted by Crippen LogP contribution is 2.24. The van der Waals surface area contributed by atoms with E-state index in [1.54, 1.807) is 28.6 Å². The SMILES string of the molecule is CC(C)COCC(=O)N1CCOc2cc(C(=O)NO)ccc2C1. The van der Waals surface area contributed by atoms with E-state index in [9.17, 15) is 9.59 Å². The molecule has 0 aromatic heterocycles. The van der Waals surface area contributed by atoms with E-state index in [4.69, 9.17) is 14.7 Å². The number of hydrogen-bond donors (Lipinski definition) is 2. The average molecular weight is 322 g/mol. The van der Waals surface area contributed by atoms with Gasteiger partial charge in [0.15, 0.2) is 0 Å². The molecule has 2 rings (SSSR count). The summed E-state index contributed by atoms with van der Waals surface area (Å²) in [5, 5.41) is 8.68. The van der Waals surface area contributed by atoms with E-state index < -0.39 is 5.91 Å². The van der Waals surface area contributed by atoms with Crippen LogP contribution in [0.4, 0.5) is 0 Å². The molecule has 2 amide bonds. The van der Waals surface area contributed by atoms with Crippen LogP contribution in [-0.4, -0.2) is 48.3 Å². The van der Waals surface area contributed by atoms with Crippen molar-refractivity contribution >= 4 is 11.8 Å². The van der Waals surface area contributed by atoms with Crippen molar-refractivity contribution in [2.45, 2.75) is 20.4 Å². The second-order valence-corrected chi connectivity index (χ2v) is 5.84. The summed E-state index contributed by atoms with van der Waals surface area (Å²) in [5.41, 5.74) is 2.70. The molecule has 0 unspecified atom stereocenters. The van der Waals surface area contributed by atoms with Gasteiger partial charge in [0.25, 0.3) is 5.91 Å². The minimum Gasteiger partial charge on any atom is -0.491 e. The summed E-state index contributed by atoms with van der Waals surface area (Å²) in [5.74, 6) is 0.242. The number of amides is 2. The molecule has 0 saturated carbocycles. The van der Waals surface area contributed by atoms with E-state index in [-0.39, 0.29) is 12.5 Å². The molecular formula is C16H22N2O5. The van der Waals surface area contributed by atoms with Gasteiger partial charge in [0.1, 0.15) is 19.0 Å². The molecule has 0 spiro atoms. The van der Waals surface area contributed by atoms with Gasteiger partial charge in [0.2, 0.25) is 5.91 Å². The molecule has 0 radical (unpaired) electrons. The van der Waals surface area contributed by atoms with E-state index in [0.717, 1.165) is 5.56 Å². The number of benzene rings is 1. The minimum atomic E-state index is -0.601. The van der Waals surface area contributed by atoms with Crippen LogP contribution in [0.15, 0.2) is 18.2 Å². The van der Waals surface area contributed by atoms with Crippen molar-refractivity contribution in [2.24, 2.45) is 5.92 Å². The van der Waals surface area contributed by atoms with E-state index in [2.05, 4.69) is 0 Å². The number of ether oxygens (including phenoxy) is 2. The topological polar surface area (TPSA) is 88.1 Å². The number of carbonyl (C=O) groups is 2. The third-order valence-corrected chi connectivity index (χ3v) is 3.44. The molecule has 1 aliphatic heterocycles. The first-order valence-electron chi connectivity index (χ1n) is 7.57. The van der Waals surface area contributed by atoms with Crippen LogP contribution >= 0.6 is 0 Å². The number of rotatable bonds is 5. The number of hydrogen-bond acceptors (Lipinski definition) is 5. The van der Waals surface area contributed by atoms with Crippen LogP contribution in [0.5, 0.6) is 5.75 Å². The fourth-order valence-corrected chi connectivity index (χ4v) is 2.26. The molecule has 0 atom stereocenters. The Morgan fingerprint density at radius 1 is 1.43 bits per heavy atom. The summed E-state index contributed by atoms with van der Waals surface area (Å²) in [6, 6.07) is 4.86. The van der Waals surface area contributed by atoms with E-state index in [0.29, 0.717) is 43.5 Å². The van der Waals surface area contributed by atoms with Gasteiger partial charge in [-0.1, -0.05) is 19.9 Å². The first kappa shape index (κ1) is 17.2. The van der Waals surface area contributed by atoms with Gasteiger partial charge in [0, 0.05) is 24.3 Å². The van der Waals surface area contributed by atoms with Crippen LogP contribution in [-0.2, 0) is 16.1 Å². The maximum atomic E-state index is 12.2. The van der Waals surface area contributed by atoms with Gasteiger partial charge in [-0.3, -0.25) is 14.8 Å². The molecule has 23 heavy (non-hydrogen) atoms. The van der Waals surface area contributed by atoms with Gasteiger partial charge >= 0.3 is 0 Å². The zero-order valence-corrected chi connectivity index (χ0v) is 13.4. The van der Waals surface area contributed by atoms with Crippen molar-refractivity contribution < 1.29 is 24.3 Å². The van der Waals surface area contributed by atoms with Gasteiger partial charge in [-0.25, -0.2) is 5.48 Å². The van der Waals surface area contributed by atoms with E-state index >= 15 is 0 Å². The number of hydroxylamine groups is 1. The Balaban J connectivity index is 2.03. The fraction of sp³-hybridized carbons (Fsp3) is 0.500.